The van der Waals surface area contributed by atoms with Crippen LogP contribution in [0.5, 0.6) is 0 Å². The van der Waals surface area contributed by atoms with Crippen molar-refractivity contribution in [2.75, 3.05) is 9.80 Å². The molecule has 1 aliphatic carbocycles. The molecule has 72 heavy (non-hydrogen) atoms. The van der Waals surface area contributed by atoms with Gasteiger partial charge < -0.3 is 14.4 Å². The number of hydrogen-bond acceptors (Lipinski definition) is 2. The van der Waals surface area contributed by atoms with E-state index < -0.39 is 0 Å². The molecule has 5 aliphatic rings. The minimum atomic E-state index is 0.0352. The van der Waals surface area contributed by atoms with Crippen LogP contribution in [0.3, 0.4) is 0 Å². The Hall–Kier alpha value is -9.05. The van der Waals surface area contributed by atoms with E-state index in [1.165, 1.54) is 144 Å². The molecule has 0 spiro atoms. The lowest BCUT2D eigenvalue weighted by molar-refractivity contribution is 1.02. The molecule has 5 heterocycles. The molecule has 0 fully saturated rings. The predicted molar refractivity (Wildman–Crippen MR) is 303 cm³/mol. The van der Waals surface area contributed by atoms with Gasteiger partial charge in [-0.15, -0.1) is 0 Å². The highest BCUT2D eigenvalue weighted by Crippen LogP contribution is 2.56. The SMILES string of the molecule is c1ccc(-c2ccc3c(c2)B2c4ccccc4N(c4ccccc4)c4ccc5c(c42)C3c2ccc3c4ccc6c7c4n(c3c2-5)-c2ccc(-c3ccccc3)cc2B7c2ccccc2N6c2ccccc2)cc1. The lowest BCUT2D eigenvalue weighted by atomic mass is 9.31. The number of benzene rings is 11. The van der Waals surface area contributed by atoms with Crippen molar-refractivity contribution in [3.63, 3.8) is 0 Å². The van der Waals surface area contributed by atoms with Crippen LogP contribution in [0.1, 0.15) is 22.6 Å². The largest absolute Gasteiger partial charge is 0.312 e. The van der Waals surface area contributed by atoms with Gasteiger partial charge >= 0.3 is 0 Å². The zero-order valence-corrected chi connectivity index (χ0v) is 39.2. The second kappa shape index (κ2) is 14.3. The zero-order valence-electron chi connectivity index (χ0n) is 39.2. The van der Waals surface area contributed by atoms with Crippen molar-refractivity contribution in [3.05, 3.63) is 259 Å². The van der Waals surface area contributed by atoms with Gasteiger partial charge in [0, 0.05) is 62.1 Å². The highest BCUT2D eigenvalue weighted by atomic mass is 15.2. The Morgan fingerprint density at radius 3 is 1.46 bits per heavy atom. The third kappa shape index (κ3) is 4.97. The quantitative estimate of drug-likeness (QED) is 0.163. The van der Waals surface area contributed by atoms with E-state index in [1.807, 2.05) is 0 Å². The molecule has 3 nitrogen and oxygen atoms in total. The first-order valence-electron chi connectivity index (χ1n) is 25.4. The number of anilines is 6. The third-order valence-electron chi connectivity index (χ3n) is 16.8. The second-order valence-electron chi connectivity index (χ2n) is 20.2. The maximum atomic E-state index is 2.70. The van der Waals surface area contributed by atoms with Gasteiger partial charge in [0.2, 0.25) is 6.71 Å². The van der Waals surface area contributed by atoms with E-state index in [1.54, 1.807) is 0 Å². The van der Waals surface area contributed by atoms with Gasteiger partial charge in [-0.1, -0.05) is 194 Å². The Bertz CT molecular complexity index is 4300. The molecular formula is C67H41B2N3. The highest BCUT2D eigenvalue weighted by molar-refractivity contribution is 7.01. The number of hydrogen-bond donors (Lipinski definition) is 0. The minimum absolute atomic E-state index is 0.0352. The van der Waals surface area contributed by atoms with Gasteiger partial charge in [-0.25, -0.2) is 0 Å². The molecule has 12 aromatic rings. The summed E-state index contributed by atoms with van der Waals surface area (Å²) in [6.07, 6.45) is 0. The van der Waals surface area contributed by atoms with Crippen LogP contribution < -0.4 is 42.6 Å². The maximum absolute atomic E-state index is 2.70. The molecule has 11 aromatic carbocycles. The molecule has 0 amide bonds. The Kier molecular flexibility index (Phi) is 7.69. The van der Waals surface area contributed by atoms with Gasteiger partial charge in [0.1, 0.15) is 0 Å². The molecule has 0 radical (unpaired) electrons. The summed E-state index contributed by atoms with van der Waals surface area (Å²) in [6, 6.07) is 91.5. The maximum Gasteiger partial charge on any atom is 0.252 e. The Morgan fingerprint density at radius 1 is 0.319 bits per heavy atom. The van der Waals surface area contributed by atoms with Crippen molar-refractivity contribution in [3.8, 4) is 39.1 Å². The smallest absolute Gasteiger partial charge is 0.252 e. The van der Waals surface area contributed by atoms with Gasteiger partial charge in [-0.3, -0.25) is 0 Å². The van der Waals surface area contributed by atoms with Crippen molar-refractivity contribution < 1.29 is 0 Å². The molecule has 0 bridgehead atoms. The van der Waals surface area contributed by atoms with Crippen LogP contribution in [0.4, 0.5) is 34.1 Å². The topological polar surface area (TPSA) is 11.4 Å². The molecule has 4 aliphatic heterocycles. The summed E-state index contributed by atoms with van der Waals surface area (Å²) in [7, 11) is 0. The summed E-state index contributed by atoms with van der Waals surface area (Å²) >= 11 is 0. The summed E-state index contributed by atoms with van der Waals surface area (Å²) in [5.41, 5.74) is 31.3. The van der Waals surface area contributed by atoms with E-state index >= 15 is 0 Å². The number of fused-ring (bicyclic) bond motifs is 17. The van der Waals surface area contributed by atoms with E-state index in [4.69, 9.17) is 0 Å². The molecule has 5 heteroatoms. The summed E-state index contributed by atoms with van der Waals surface area (Å²) in [5.74, 6) is 0.0600. The minimum Gasteiger partial charge on any atom is -0.312 e. The van der Waals surface area contributed by atoms with Crippen LogP contribution >= 0.6 is 0 Å². The lowest BCUT2D eigenvalue weighted by Crippen LogP contribution is -2.61. The first-order chi connectivity index (χ1) is 35.8. The fraction of sp³-hybridized carbons (Fsp3) is 0.0149. The molecule has 1 atom stereocenters. The first-order valence-corrected chi connectivity index (χ1v) is 25.4. The van der Waals surface area contributed by atoms with Crippen LogP contribution in [-0.2, 0) is 0 Å². The molecule has 0 saturated heterocycles. The number of aromatic nitrogens is 1. The summed E-state index contributed by atoms with van der Waals surface area (Å²) in [6.45, 7) is 0.0949. The molecular weight excluding hydrogens is 868 g/mol. The second-order valence-corrected chi connectivity index (χ2v) is 20.2. The van der Waals surface area contributed by atoms with Crippen molar-refractivity contribution in [1.82, 2.24) is 4.57 Å². The fourth-order valence-electron chi connectivity index (χ4n) is 14.1. The molecule has 330 valence electrons. The molecule has 17 rings (SSSR count). The normalized spacial score (nSPS) is 14.7. The van der Waals surface area contributed by atoms with Crippen molar-refractivity contribution in [1.29, 1.82) is 0 Å². The standard InChI is InChI=1S/C67H41B2N3/c1-5-17-41(18-6-1)43-29-31-49-54(39-43)68-52-25-13-15-27-56(52)70(45-21-9-3-10-22-45)59-38-35-51-62-50(61(49)63(51)64(59)68)33-32-47-48-34-37-60-65-67(48)72(66(47)62)58-36-30-44(42-19-7-2-8-20-42)40-55(58)69(65)53-26-14-16-28-57(53)71(60)46-23-11-4-12-24-46/h1-40,61H. The summed E-state index contributed by atoms with van der Waals surface area (Å²) in [5, 5.41) is 2.60. The van der Waals surface area contributed by atoms with Gasteiger partial charge in [-0.2, -0.15) is 0 Å². The Morgan fingerprint density at radius 2 is 0.806 bits per heavy atom. The molecule has 0 saturated carbocycles. The summed E-state index contributed by atoms with van der Waals surface area (Å²) < 4.78 is 2.70. The van der Waals surface area contributed by atoms with Crippen LogP contribution in [0.25, 0.3) is 60.9 Å². The highest BCUT2D eigenvalue weighted by Gasteiger charge is 2.49. The molecule has 0 N–H and O–H groups in total. The van der Waals surface area contributed by atoms with Gasteiger partial charge in [0.25, 0.3) is 6.71 Å². The van der Waals surface area contributed by atoms with Crippen LogP contribution in [0.2, 0.25) is 0 Å². The Labute approximate surface area is 418 Å². The van der Waals surface area contributed by atoms with Gasteiger partial charge in [0.05, 0.1) is 11.0 Å². The van der Waals surface area contributed by atoms with Crippen LogP contribution in [0, 0.1) is 0 Å². The Balaban J connectivity index is 1.00. The zero-order chi connectivity index (χ0) is 46.8. The number of rotatable bonds is 4. The number of para-hydroxylation sites is 4. The monoisotopic (exact) mass is 909 g/mol. The average molecular weight is 910 g/mol. The molecule has 1 aromatic heterocycles. The van der Waals surface area contributed by atoms with E-state index in [9.17, 15) is 0 Å². The number of nitrogens with zero attached hydrogens (tertiary/aromatic N) is 3. The summed E-state index contributed by atoms with van der Waals surface area (Å²) in [4.78, 5) is 5.04. The van der Waals surface area contributed by atoms with Gasteiger partial charge in [-0.05, 0) is 126 Å². The average Bonchev–Trinajstić information content (AvgIpc) is 3.98. The predicted octanol–water partition coefficient (Wildman–Crippen LogP) is 12.5. The van der Waals surface area contributed by atoms with Crippen LogP contribution in [0.15, 0.2) is 243 Å². The van der Waals surface area contributed by atoms with Gasteiger partial charge in [0.15, 0.2) is 0 Å². The van der Waals surface area contributed by atoms with E-state index in [0.717, 1.165) is 0 Å². The first kappa shape index (κ1) is 38.8. The van der Waals surface area contributed by atoms with E-state index in [0.29, 0.717) is 0 Å². The van der Waals surface area contributed by atoms with E-state index in [2.05, 4.69) is 257 Å². The lowest BCUT2D eigenvalue weighted by Gasteiger charge is -2.42. The van der Waals surface area contributed by atoms with Crippen molar-refractivity contribution in [2.45, 2.75) is 5.92 Å². The van der Waals surface area contributed by atoms with E-state index in [-0.39, 0.29) is 19.3 Å². The molecule has 1 unspecified atom stereocenters. The van der Waals surface area contributed by atoms with Crippen molar-refractivity contribution >= 4 is 102 Å². The fourth-order valence-corrected chi connectivity index (χ4v) is 14.1. The van der Waals surface area contributed by atoms with Crippen LogP contribution in [-0.4, -0.2) is 18.0 Å². The third-order valence-corrected chi connectivity index (χ3v) is 16.8. The van der Waals surface area contributed by atoms with Crippen molar-refractivity contribution in [2.24, 2.45) is 0 Å².